The summed E-state index contributed by atoms with van der Waals surface area (Å²) in [4.78, 5) is 25.9. The molecule has 2 aromatic carbocycles. The molecule has 0 bridgehead atoms. The predicted molar refractivity (Wildman–Crippen MR) is 123 cm³/mol. The van der Waals surface area contributed by atoms with Crippen LogP contribution in [0.1, 0.15) is 39.4 Å². The first-order valence-corrected chi connectivity index (χ1v) is 10.7. The smallest absolute Gasteiger partial charge is 0.266 e. The average Bonchev–Trinajstić information content (AvgIpc) is 3.07. The number of aryl methyl sites for hydroxylation is 1. The van der Waals surface area contributed by atoms with Crippen molar-refractivity contribution >= 4 is 45.4 Å². The van der Waals surface area contributed by atoms with E-state index >= 15 is 0 Å². The molecule has 0 spiro atoms. The van der Waals surface area contributed by atoms with Crippen molar-refractivity contribution in [3.05, 3.63) is 75.6 Å². The van der Waals surface area contributed by atoms with Gasteiger partial charge in [0.05, 0.1) is 32.8 Å². The molecule has 156 valence electrons. The van der Waals surface area contributed by atoms with Gasteiger partial charge in [0.15, 0.2) is 0 Å². The van der Waals surface area contributed by atoms with E-state index in [0.29, 0.717) is 44.4 Å². The number of hydrogen-bond donors (Lipinski definition) is 2. The van der Waals surface area contributed by atoms with Gasteiger partial charge in [-0.15, -0.1) is 11.3 Å². The largest absolute Gasteiger partial charge is 0.491 e. The summed E-state index contributed by atoms with van der Waals surface area (Å²) in [5.74, 6) is 0.427. The summed E-state index contributed by atoms with van der Waals surface area (Å²) in [6.07, 6.45) is 0. The molecule has 7 heteroatoms. The zero-order valence-electron chi connectivity index (χ0n) is 17.0. The lowest BCUT2D eigenvalue weighted by Crippen LogP contribution is -2.13. The molecule has 0 saturated heterocycles. The molecule has 0 aliphatic rings. The van der Waals surface area contributed by atoms with Crippen LogP contribution in [0.4, 0.5) is 10.7 Å². The van der Waals surface area contributed by atoms with Gasteiger partial charge in [-0.2, -0.15) is 0 Å². The predicted octanol–water partition coefficient (Wildman–Crippen LogP) is 6.25. The van der Waals surface area contributed by atoms with E-state index in [1.165, 1.54) is 11.3 Å². The highest BCUT2D eigenvalue weighted by Crippen LogP contribution is 2.30. The maximum Gasteiger partial charge on any atom is 0.266 e. The number of benzene rings is 2. The van der Waals surface area contributed by atoms with Crippen LogP contribution in [0.25, 0.3) is 0 Å². The molecular formula is C23H23ClN2O3S. The van der Waals surface area contributed by atoms with Crippen LogP contribution in [0.15, 0.2) is 54.6 Å². The van der Waals surface area contributed by atoms with Gasteiger partial charge in [0, 0.05) is 0 Å². The third kappa shape index (κ3) is 5.40. The Bertz CT molecular complexity index is 1060. The fourth-order valence-corrected chi connectivity index (χ4v) is 3.91. The van der Waals surface area contributed by atoms with Gasteiger partial charge in [0.25, 0.3) is 11.8 Å². The Labute approximate surface area is 185 Å². The van der Waals surface area contributed by atoms with Crippen LogP contribution in [-0.2, 0) is 0 Å². The number of carbonyl (C=O) groups is 2. The number of anilines is 2. The zero-order chi connectivity index (χ0) is 21.7. The van der Waals surface area contributed by atoms with Crippen molar-refractivity contribution in [2.75, 3.05) is 17.2 Å². The van der Waals surface area contributed by atoms with Gasteiger partial charge in [-0.3, -0.25) is 9.59 Å². The molecular weight excluding hydrogens is 420 g/mol. The second kappa shape index (κ2) is 9.78. The Kier molecular flexibility index (Phi) is 7.13. The second-order valence-electron chi connectivity index (χ2n) is 7.21. The molecule has 0 radical (unpaired) electrons. The molecule has 0 unspecified atom stereocenters. The molecule has 30 heavy (non-hydrogen) atoms. The summed E-state index contributed by atoms with van der Waals surface area (Å²) in [5, 5.41) is 6.68. The highest BCUT2D eigenvalue weighted by atomic mass is 35.5. The number of amides is 2. The van der Waals surface area contributed by atoms with Crippen LogP contribution in [0, 0.1) is 12.8 Å². The Morgan fingerprint density at radius 3 is 2.47 bits per heavy atom. The van der Waals surface area contributed by atoms with E-state index in [0.717, 1.165) is 5.56 Å². The van der Waals surface area contributed by atoms with E-state index < -0.39 is 0 Å². The SMILES string of the molecule is Cc1cc(NC(=O)c2ccccc2Cl)sc1C(=O)Nc1ccccc1OCC(C)C. The molecule has 5 nitrogen and oxygen atoms in total. The van der Waals surface area contributed by atoms with E-state index in [1.807, 2.05) is 25.1 Å². The molecule has 0 saturated carbocycles. The minimum atomic E-state index is -0.318. The summed E-state index contributed by atoms with van der Waals surface area (Å²) in [6, 6.07) is 15.9. The number of halogens is 1. The molecule has 1 heterocycles. The van der Waals surface area contributed by atoms with E-state index in [2.05, 4.69) is 24.5 Å². The normalized spacial score (nSPS) is 10.7. The molecule has 0 aliphatic carbocycles. The Morgan fingerprint density at radius 1 is 1.03 bits per heavy atom. The molecule has 3 rings (SSSR count). The van der Waals surface area contributed by atoms with Gasteiger partial charge in [-0.05, 0) is 48.7 Å². The molecule has 3 aromatic rings. The molecule has 2 N–H and O–H groups in total. The van der Waals surface area contributed by atoms with Crippen LogP contribution in [-0.4, -0.2) is 18.4 Å². The van der Waals surface area contributed by atoms with E-state index in [1.54, 1.807) is 36.4 Å². The number of carbonyl (C=O) groups excluding carboxylic acids is 2. The van der Waals surface area contributed by atoms with E-state index in [-0.39, 0.29) is 11.8 Å². The van der Waals surface area contributed by atoms with E-state index in [9.17, 15) is 9.59 Å². The standard InChI is InChI=1S/C23H23ClN2O3S/c1-14(2)13-29-19-11-7-6-10-18(19)25-23(28)21-15(3)12-20(30-21)26-22(27)16-8-4-5-9-17(16)24/h4-12,14H,13H2,1-3H3,(H,25,28)(H,26,27). The quantitative estimate of drug-likeness (QED) is 0.454. The first kappa shape index (κ1) is 21.9. The van der Waals surface area contributed by atoms with Crippen molar-refractivity contribution in [3.63, 3.8) is 0 Å². The van der Waals surface area contributed by atoms with Crippen LogP contribution >= 0.6 is 22.9 Å². The maximum absolute atomic E-state index is 12.9. The van der Waals surface area contributed by atoms with Gasteiger partial charge in [-0.1, -0.05) is 49.7 Å². The summed E-state index contributed by atoms with van der Waals surface area (Å²) < 4.78 is 5.80. The van der Waals surface area contributed by atoms with Gasteiger partial charge < -0.3 is 15.4 Å². The fraction of sp³-hybridized carbons (Fsp3) is 0.217. The van der Waals surface area contributed by atoms with Crippen LogP contribution in [0.3, 0.4) is 0 Å². The highest BCUT2D eigenvalue weighted by Gasteiger charge is 2.18. The summed E-state index contributed by atoms with van der Waals surface area (Å²) in [6.45, 7) is 6.52. The lowest BCUT2D eigenvalue weighted by atomic mass is 10.2. The van der Waals surface area contributed by atoms with Crippen molar-refractivity contribution in [1.82, 2.24) is 0 Å². The van der Waals surface area contributed by atoms with Crippen LogP contribution < -0.4 is 15.4 Å². The third-order valence-corrected chi connectivity index (χ3v) is 5.67. The van der Waals surface area contributed by atoms with Gasteiger partial charge in [0.1, 0.15) is 5.75 Å². The lowest BCUT2D eigenvalue weighted by Gasteiger charge is -2.13. The van der Waals surface area contributed by atoms with Crippen LogP contribution in [0.2, 0.25) is 5.02 Å². The fourth-order valence-electron chi connectivity index (χ4n) is 2.73. The molecule has 2 amide bonds. The molecule has 0 fully saturated rings. The number of rotatable bonds is 7. The number of ether oxygens (including phenoxy) is 1. The topological polar surface area (TPSA) is 67.4 Å². The highest BCUT2D eigenvalue weighted by molar-refractivity contribution is 7.18. The molecule has 0 aliphatic heterocycles. The number of nitrogens with one attached hydrogen (secondary N) is 2. The van der Waals surface area contributed by atoms with Gasteiger partial charge >= 0.3 is 0 Å². The second-order valence-corrected chi connectivity index (χ2v) is 8.67. The van der Waals surface area contributed by atoms with Gasteiger partial charge in [0.2, 0.25) is 0 Å². The Balaban J connectivity index is 1.73. The van der Waals surface area contributed by atoms with Gasteiger partial charge in [-0.25, -0.2) is 0 Å². The third-order valence-electron chi connectivity index (χ3n) is 4.19. The van der Waals surface area contributed by atoms with Crippen molar-refractivity contribution in [2.45, 2.75) is 20.8 Å². The first-order chi connectivity index (χ1) is 14.3. The lowest BCUT2D eigenvalue weighted by molar-refractivity contribution is 0.102. The average molecular weight is 443 g/mol. The molecule has 0 atom stereocenters. The number of hydrogen-bond acceptors (Lipinski definition) is 4. The maximum atomic E-state index is 12.9. The summed E-state index contributed by atoms with van der Waals surface area (Å²) in [7, 11) is 0. The minimum absolute atomic E-state index is 0.253. The van der Waals surface area contributed by atoms with Crippen molar-refractivity contribution < 1.29 is 14.3 Å². The Hall–Kier alpha value is -2.83. The monoisotopic (exact) mass is 442 g/mol. The molecule has 1 aromatic heterocycles. The van der Waals surface area contributed by atoms with Crippen molar-refractivity contribution in [1.29, 1.82) is 0 Å². The first-order valence-electron chi connectivity index (χ1n) is 9.54. The van der Waals surface area contributed by atoms with Crippen molar-refractivity contribution in [2.24, 2.45) is 5.92 Å². The number of thiophene rings is 1. The summed E-state index contributed by atoms with van der Waals surface area (Å²) in [5.41, 5.74) is 1.76. The van der Waals surface area contributed by atoms with E-state index in [4.69, 9.17) is 16.3 Å². The Morgan fingerprint density at radius 2 is 1.73 bits per heavy atom. The van der Waals surface area contributed by atoms with Crippen molar-refractivity contribution in [3.8, 4) is 5.75 Å². The minimum Gasteiger partial charge on any atom is -0.491 e. The summed E-state index contributed by atoms with van der Waals surface area (Å²) >= 11 is 7.30. The number of para-hydroxylation sites is 2. The van der Waals surface area contributed by atoms with Crippen LogP contribution in [0.5, 0.6) is 5.75 Å². The zero-order valence-corrected chi connectivity index (χ0v) is 18.6.